The van der Waals surface area contributed by atoms with Crippen molar-refractivity contribution in [2.45, 2.75) is 33.2 Å². The van der Waals surface area contributed by atoms with Crippen molar-refractivity contribution in [1.29, 1.82) is 0 Å². The van der Waals surface area contributed by atoms with Crippen molar-refractivity contribution < 1.29 is 19.1 Å². The fourth-order valence-corrected chi connectivity index (χ4v) is 2.95. The number of hydrogen-bond donors (Lipinski definition) is 2. The topological polar surface area (TPSA) is 84.5 Å². The van der Waals surface area contributed by atoms with Crippen LogP contribution in [0.25, 0.3) is 0 Å². The number of amides is 2. The average molecular weight is 392 g/mol. The number of carbonyl (C=O) groups excluding carboxylic acids is 3. The van der Waals surface area contributed by atoms with E-state index in [0.717, 1.165) is 24.0 Å². The van der Waals surface area contributed by atoms with Crippen LogP contribution in [0.3, 0.4) is 0 Å². The normalized spacial score (nSPS) is 13.5. The van der Waals surface area contributed by atoms with Gasteiger partial charge >= 0.3 is 5.97 Å². The summed E-state index contributed by atoms with van der Waals surface area (Å²) in [7, 11) is 0. The van der Waals surface area contributed by atoms with E-state index in [1.165, 1.54) is 13.0 Å². The number of benzene rings is 2. The smallest absolute Gasteiger partial charge is 0.308 e. The molecule has 1 fully saturated rings. The first-order chi connectivity index (χ1) is 13.9. The number of ether oxygens (including phenoxy) is 1. The number of anilines is 1. The van der Waals surface area contributed by atoms with Gasteiger partial charge in [-0.3, -0.25) is 14.4 Å². The minimum Gasteiger partial charge on any atom is -0.427 e. The minimum absolute atomic E-state index is 0.135. The third-order valence-corrected chi connectivity index (χ3v) is 4.66. The van der Waals surface area contributed by atoms with Gasteiger partial charge in [-0.2, -0.15) is 0 Å². The van der Waals surface area contributed by atoms with Gasteiger partial charge in [-0.05, 0) is 55.5 Å². The zero-order valence-corrected chi connectivity index (χ0v) is 16.5. The molecule has 0 saturated heterocycles. The Morgan fingerprint density at radius 1 is 1.07 bits per heavy atom. The second kappa shape index (κ2) is 9.19. The maximum atomic E-state index is 12.6. The molecule has 29 heavy (non-hydrogen) atoms. The Hall–Kier alpha value is -3.41. The average Bonchev–Trinajstić information content (AvgIpc) is 3.52. The van der Waals surface area contributed by atoms with Crippen molar-refractivity contribution in [3.8, 4) is 5.75 Å². The van der Waals surface area contributed by atoms with Gasteiger partial charge < -0.3 is 15.4 Å². The van der Waals surface area contributed by atoms with Crippen LogP contribution in [0.1, 0.15) is 42.6 Å². The van der Waals surface area contributed by atoms with Crippen LogP contribution in [0.2, 0.25) is 0 Å². The molecule has 2 aromatic carbocycles. The van der Waals surface area contributed by atoms with Crippen LogP contribution in [-0.4, -0.2) is 17.8 Å². The molecule has 1 aliphatic carbocycles. The van der Waals surface area contributed by atoms with Gasteiger partial charge in [0.2, 0.25) is 5.91 Å². The lowest BCUT2D eigenvalue weighted by atomic mass is 10.1. The van der Waals surface area contributed by atoms with Crippen molar-refractivity contribution >= 4 is 23.5 Å². The molecule has 0 spiro atoms. The summed E-state index contributed by atoms with van der Waals surface area (Å²) in [5.74, 6) is -0.0555. The highest BCUT2D eigenvalue weighted by Gasteiger charge is 2.23. The van der Waals surface area contributed by atoms with Crippen molar-refractivity contribution in [3.63, 3.8) is 0 Å². The number of allylic oxidation sites excluding steroid dienone is 1. The summed E-state index contributed by atoms with van der Waals surface area (Å²) in [5, 5.41) is 5.73. The van der Waals surface area contributed by atoms with E-state index in [9.17, 15) is 14.4 Å². The number of hydrogen-bond acceptors (Lipinski definition) is 4. The van der Waals surface area contributed by atoms with Gasteiger partial charge in [-0.1, -0.05) is 29.8 Å². The highest BCUT2D eigenvalue weighted by atomic mass is 16.5. The number of rotatable bonds is 7. The quantitative estimate of drug-likeness (QED) is 0.426. The number of nitrogens with one attached hydrogen (secondary N) is 2. The monoisotopic (exact) mass is 392 g/mol. The molecule has 0 unspecified atom stereocenters. The van der Waals surface area contributed by atoms with Gasteiger partial charge in [0, 0.05) is 30.8 Å². The maximum absolute atomic E-state index is 12.6. The molecule has 3 rings (SSSR count). The molecule has 0 radical (unpaired) electrons. The van der Waals surface area contributed by atoms with E-state index < -0.39 is 5.97 Å². The van der Waals surface area contributed by atoms with Gasteiger partial charge in [0.15, 0.2) is 0 Å². The van der Waals surface area contributed by atoms with Gasteiger partial charge in [-0.25, -0.2) is 0 Å². The zero-order chi connectivity index (χ0) is 20.8. The van der Waals surface area contributed by atoms with Crippen molar-refractivity contribution in [2.24, 2.45) is 5.92 Å². The fourth-order valence-electron chi connectivity index (χ4n) is 2.95. The Labute approximate surface area is 170 Å². The summed E-state index contributed by atoms with van der Waals surface area (Å²) in [6, 6.07) is 13.7. The lowest BCUT2D eigenvalue weighted by Crippen LogP contribution is -2.22. The second-order valence-electron chi connectivity index (χ2n) is 7.11. The molecule has 150 valence electrons. The molecule has 1 saturated carbocycles. The van der Waals surface area contributed by atoms with Gasteiger partial charge in [0.1, 0.15) is 5.75 Å². The molecule has 6 heteroatoms. The summed E-state index contributed by atoms with van der Waals surface area (Å²) in [5.41, 5.74) is 2.88. The Morgan fingerprint density at radius 3 is 2.55 bits per heavy atom. The third-order valence-electron chi connectivity index (χ3n) is 4.66. The first kappa shape index (κ1) is 20.3. The van der Waals surface area contributed by atoms with Crippen LogP contribution in [0, 0.1) is 5.92 Å². The lowest BCUT2D eigenvalue weighted by Gasteiger charge is -2.12. The van der Waals surface area contributed by atoms with Gasteiger partial charge in [0.05, 0.1) is 0 Å². The Balaban J connectivity index is 1.65. The molecule has 0 aliphatic heterocycles. The number of esters is 1. The Kier molecular flexibility index (Phi) is 6.44. The van der Waals surface area contributed by atoms with Crippen molar-refractivity contribution in [2.75, 3.05) is 5.32 Å². The first-order valence-electron chi connectivity index (χ1n) is 9.56. The summed E-state index contributed by atoms with van der Waals surface area (Å²) in [6.07, 6.45) is 3.96. The van der Waals surface area contributed by atoms with E-state index in [-0.39, 0.29) is 11.8 Å². The molecule has 0 bridgehead atoms. The van der Waals surface area contributed by atoms with Crippen LogP contribution in [0.15, 0.2) is 60.2 Å². The van der Waals surface area contributed by atoms with Crippen molar-refractivity contribution in [3.05, 3.63) is 71.3 Å². The summed E-state index contributed by atoms with van der Waals surface area (Å²) < 4.78 is 5.02. The molecule has 2 aromatic rings. The van der Waals surface area contributed by atoms with E-state index in [1.54, 1.807) is 30.3 Å². The van der Waals surface area contributed by atoms with Crippen LogP contribution in [0.4, 0.5) is 5.69 Å². The van der Waals surface area contributed by atoms with E-state index in [1.807, 2.05) is 25.1 Å². The van der Waals surface area contributed by atoms with E-state index in [4.69, 9.17) is 4.74 Å². The van der Waals surface area contributed by atoms with E-state index >= 15 is 0 Å². The van der Waals surface area contributed by atoms with E-state index in [0.29, 0.717) is 29.5 Å². The Morgan fingerprint density at radius 2 is 1.83 bits per heavy atom. The molecular weight excluding hydrogens is 368 g/mol. The predicted octanol–water partition coefficient (Wildman–Crippen LogP) is 3.84. The maximum Gasteiger partial charge on any atom is 0.308 e. The first-order valence-corrected chi connectivity index (χ1v) is 9.56. The summed E-state index contributed by atoms with van der Waals surface area (Å²) >= 11 is 0. The molecule has 0 heterocycles. The zero-order valence-electron chi connectivity index (χ0n) is 16.5. The standard InChI is InChI=1S/C23H24N2O4/c1-15(17-10-11-17)12-22(27)24-14-19-6-3-4-9-21(19)25-23(28)18-7-5-8-20(13-18)29-16(2)26/h3-9,12-13,17H,10-11,14H2,1-2H3,(H,24,27)(H,25,28)/b15-12+. The molecular formula is C23H24N2O4. The van der Waals surface area contributed by atoms with Crippen LogP contribution >= 0.6 is 0 Å². The second-order valence-corrected chi connectivity index (χ2v) is 7.11. The molecule has 0 atom stereocenters. The number of carbonyl (C=O) groups is 3. The third kappa shape index (κ3) is 6.04. The minimum atomic E-state index is -0.449. The summed E-state index contributed by atoms with van der Waals surface area (Å²) in [6.45, 7) is 3.59. The fraction of sp³-hybridized carbons (Fsp3) is 0.261. The SMILES string of the molecule is CC(=O)Oc1cccc(C(=O)Nc2ccccc2CNC(=O)/C=C(\C)C2CC2)c1. The molecule has 1 aliphatic rings. The van der Waals surface area contributed by atoms with Crippen LogP contribution < -0.4 is 15.4 Å². The molecule has 2 amide bonds. The highest BCUT2D eigenvalue weighted by Crippen LogP contribution is 2.35. The molecule has 0 aromatic heterocycles. The molecule has 2 N–H and O–H groups in total. The largest absolute Gasteiger partial charge is 0.427 e. The van der Waals surface area contributed by atoms with Crippen LogP contribution in [0.5, 0.6) is 5.75 Å². The number of para-hydroxylation sites is 1. The molecule has 6 nitrogen and oxygen atoms in total. The van der Waals surface area contributed by atoms with Gasteiger partial charge in [-0.15, -0.1) is 0 Å². The highest BCUT2D eigenvalue weighted by molar-refractivity contribution is 6.05. The van der Waals surface area contributed by atoms with Crippen molar-refractivity contribution in [1.82, 2.24) is 5.32 Å². The lowest BCUT2D eigenvalue weighted by molar-refractivity contribution is -0.131. The predicted molar refractivity (Wildman–Crippen MR) is 110 cm³/mol. The Bertz CT molecular complexity index is 961. The van der Waals surface area contributed by atoms with E-state index in [2.05, 4.69) is 10.6 Å². The van der Waals surface area contributed by atoms with Crippen LogP contribution in [-0.2, 0) is 16.1 Å². The van der Waals surface area contributed by atoms with Gasteiger partial charge in [0.25, 0.3) is 5.91 Å². The summed E-state index contributed by atoms with van der Waals surface area (Å²) in [4.78, 5) is 35.8.